The highest BCUT2D eigenvalue weighted by Gasteiger charge is 2.14. The molecule has 3 aromatic rings. The number of aryl methyl sites for hydroxylation is 2. The number of aromatic nitrogens is 1. The fourth-order valence-electron chi connectivity index (χ4n) is 2.45. The molecule has 0 aliphatic heterocycles. The molecule has 0 fully saturated rings. The van der Waals surface area contributed by atoms with Gasteiger partial charge in [-0.3, -0.25) is 0 Å². The van der Waals surface area contributed by atoms with E-state index < -0.39 is 0 Å². The Hall–Kier alpha value is -1.85. The Labute approximate surface area is 154 Å². The highest BCUT2D eigenvalue weighted by Crippen LogP contribution is 2.41. The molecule has 0 bridgehead atoms. The van der Waals surface area contributed by atoms with Crippen LogP contribution in [-0.4, -0.2) is 19.2 Å². The fraction of sp³-hybridized carbons (Fsp3) is 0.211. The molecular formula is C19H18BrNO2S. The third-order valence-electron chi connectivity index (χ3n) is 4.00. The van der Waals surface area contributed by atoms with Crippen molar-refractivity contribution in [2.75, 3.05) is 14.2 Å². The third kappa shape index (κ3) is 3.19. The van der Waals surface area contributed by atoms with Gasteiger partial charge in [0.05, 0.1) is 19.1 Å². The number of benzene rings is 2. The van der Waals surface area contributed by atoms with Crippen molar-refractivity contribution in [3.05, 3.63) is 52.1 Å². The quantitative estimate of drug-likeness (QED) is 0.545. The summed E-state index contributed by atoms with van der Waals surface area (Å²) in [7, 11) is 3.28. The van der Waals surface area contributed by atoms with E-state index in [1.807, 2.05) is 18.3 Å². The van der Waals surface area contributed by atoms with Crippen molar-refractivity contribution in [3.63, 3.8) is 0 Å². The summed E-state index contributed by atoms with van der Waals surface area (Å²) < 4.78 is 11.7. The molecule has 3 nitrogen and oxygen atoms in total. The van der Waals surface area contributed by atoms with Gasteiger partial charge in [0, 0.05) is 21.8 Å². The van der Waals surface area contributed by atoms with Crippen molar-refractivity contribution in [1.29, 1.82) is 0 Å². The van der Waals surface area contributed by atoms with Crippen LogP contribution in [0, 0.1) is 13.8 Å². The molecule has 0 unspecified atom stereocenters. The number of methoxy groups -OCH3 is 2. The van der Waals surface area contributed by atoms with Crippen LogP contribution in [0.3, 0.4) is 0 Å². The summed E-state index contributed by atoms with van der Waals surface area (Å²) in [6, 6.07) is 10.3. The molecule has 0 saturated carbocycles. The monoisotopic (exact) mass is 403 g/mol. The zero-order valence-corrected chi connectivity index (χ0v) is 16.4. The second-order valence-electron chi connectivity index (χ2n) is 5.52. The predicted octanol–water partition coefficient (Wildman–Crippen LogP) is 5.87. The lowest BCUT2D eigenvalue weighted by Gasteiger charge is -2.10. The Morgan fingerprint density at radius 3 is 2.33 bits per heavy atom. The first-order valence-corrected chi connectivity index (χ1v) is 9.09. The van der Waals surface area contributed by atoms with Crippen LogP contribution in [0.1, 0.15) is 11.1 Å². The molecule has 0 saturated heterocycles. The van der Waals surface area contributed by atoms with Crippen LogP contribution >= 0.6 is 27.3 Å². The van der Waals surface area contributed by atoms with Crippen LogP contribution in [0.2, 0.25) is 0 Å². The minimum absolute atomic E-state index is 0.701. The van der Waals surface area contributed by atoms with Crippen molar-refractivity contribution in [2.24, 2.45) is 0 Å². The molecule has 5 heteroatoms. The van der Waals surface area contributed by atoms with E-state index in [1.54, 1.807) is 25.6 Å². The molecule has 2 aromatic carbocycles. The Morgan fingerprint density at radius 1 is 0.958 bits per heavy atom. The number of halogens is 1. The van der Waals surface area contributed by atoms with Crippen molar-refractivity contribution >= 4 is 27.3 Å². The van der Waals surface area contributed by atoms with Crippen molar-refractivity contribution < 1.29 is 9.47 Å². The van der Waals surface area contributed by atoms with Gasteiger partial charge in [-0.1, -0.05) is 12.1 Å². The van der Waals surface area contributed by atoms with E-state index in [9.17, 15) is 0 Å². The van der Waals surface area contributed by atoms with Crippen molar-refractivity contribution in [1.82, 2.24) is 4.98 Å². The van der Waals surface area contributed by atoms with Gasteiger partial charge < -0.3 is 9.47 Å². The van der Waals surface area contributed by atoms with Gasteiger partial charge in [0.15, 0.2) is 11.5 Å². The van der Waals surface area contributed by atoms with E-state index in [0.29, 0.717) is 11.5 Å². The molecule has 0 amide bonds. The first-order valence-electron chi connectivity index (χ1n) is 7.49. The number of thiazole rings is 1. The molecule has 0 aliphatic rings. The van der Waals surface area contributed by atoms with Crippen LogP contribution < -0.4 is 9.47 Å². The van der Waals surface area contributed by atoms with Crippen LogP contribution in [-0.2, 0) is 0 Å². The number of nitrogens with zero attached hydrogens (tertiary/aromatic N) is 1. The summed E-state index contributed by atoms with van der Waals surface area (Å²) in [6.07, 6.45) is 1.90. The van der Waals surface area contributed by atoms with Gasteiger partial charge in [0.2, 0.25) is 0 Å². The molecule has 0 aliphatic carbocycles. The summed E-state index contributed by atoms with van der Waals surface area (Å²) in [4.78, 5) is 5.68. The molecular weight excluding hydrogens is 386 g/mol. The number of rotatable bonds is 4. The topological polar surface area (TPSA) is 31.4 Å². The summed E-state index contributed by atoms with van der Waals surface area (Å²) in [5.74, 6) is 1.41. The minimum Gasteiger partial charge on any atom is -0.493 e. The first-order chi connectivity index (χ1) is 11.5. The highest BCUT2D eigenvalue weighted by atomic mass is 79.9. The molecule has 0 atom stereocenters. The molecule has 24 heavy (non-hydrogen) atoms. The Bertz CT molecular complexity index is 889. The minimum atomic E-state index is 0.701. The van der Waals surface area contributed by atoms with Gasteiger partial charge in [-0.05, 0) is 59.1 Å². The van der Waals surface area contributed by atoms with Crippen LogP contribution in [0.4, 0.5) is 0 Å². The predicted molar refractivity (Wildman–Crippen MR) is 103 cm³/mol. The van der Waals surface area contributed by atoms with E-state index in [4.69, 9.17) is 9.47 Å². The molecule has 3 rings (SSSR count). The molecule has 1 heterocycles. The Kier molecular flexibility index (Phi) is 4.92. The van der Waals surface area contributed by atoms with E-state index in [1.165, 1.54) is 11.1 Å². The number of hydrogen-bond donors (Lipinski definition) is 0. The largest absolute Gasteiger partial charge is 0.493 e. The van der Waals surface area contributed by atoms with E-state index in [2.05, 4.69) is 53.0 Å². The summed E-state index contributed by atoms with van der Waals surface area (Å²) in [5, 5.41) is 1.01. The van der Waals surface area contributed by atoms with Crippen molar-refractivity contribution in [2.45, 2.75) is 13.8 Å². The molecule has 124 valence electrons. The lowest BCUT2D eigenvalue weighted by molar-refractivity contribution is 0.355. The number of hydrogen-bond acceptors (Lipinski definition) is 4. The maximum atomic E-state index is 5.41. The molecule has 1 aromatic heterocycles. The lowest BCUT2D eigenvalue weighted by atomic mass is 10.1. The third-order valence-corrected chi connectivity index (χ3v) is 5.73. The van der Waals surface area contributed by atoms with Crippen LogP contribution in [0.5, 0.6) is 11.5 Å². The normalized spacial score (nSPS) is 10.7. The van der Waals surface area contributed by atoms with Gasteiger partial charge in [-0.15, -0.1) is 11.3 Å². The average molecular weight is 404 g/mol. The zero-order chi connectivity index (χ0) is 17.3. The van der Waals surface area contributed by atoms with Gasteiger partial charge in [-0.2, -0.15) is 0 Å². The highest BCUT2D eigenvalue weighted by molar-refractivity contribution is 9.10. The van der Waals surface area contributed by atoms with E-state index in [0.717, 1.165) is 25.5 Å². The summed E-state index contributed by atoms with van der Waals surface area (Å²) >= 11 is 5.28. The second-order valence-corrected chi connectivity index (χ2v) is 7.40. The average Bonchev–Trinajstić information content (AvgIpc) is 3.06. The maximum Gasteiger partial charge on any atom is 0.161 e. The van der Waals surface area contributed by atoms with Crippen molar-refractivity contribution in [3.8, 4) is 32.5 Å². The maximum absolute atomic E-state index is 5.41. The molecule has 0 N–H and O–H groups in total. The standard InChI is InChI=1S/C19H18BrNO2S/c1-11-5-6-13(7-12(11)2)19-21-10-18(24-19)14-8-16(22-3)17(23-4)9-15(14)20/h5-10H,1-4H3. The fourth-order valence-corrected chi connectivity index (χ4v) is 4.06. The Balaban J connectivity index is 2.03. The van der Waals surface area contributed by atoms with E-state index >= 15 is 0 Å². The lowest BCUT2D eigenvalue weighted by Crippen LogP contribution is -1.91. The van der Waals surface area contributed by atoms with Gasteiger partial charge >= 0.3 is 0 Å². The molecule has 0 spiro atoms. The zero-order valence-electron chi connectivity index (χ0n) is 14.0. The number of ether oxygens (including phenoxy) is 2. The first kappa shape index (κ1) is 17.0. The SMILES string of the molecule is COc1cc(Br)c(-c2cnc(-c3ccc(C)c(C)c3)s2)cc1OC. The van der Waals surface area contributed by atoms with Gasteiger partial charge in [0.25, 0.3) is 0 Å². The van der Waals surface area contributed by atoms with Crippen LogP contribution in [0.15, 0.2) is 41.0 Å². The molecule has 0 radical (unpaired) electrons. The smallest absolute Gasteiger partial charge is 0.161 e. The summed E-state index contributed by atoms with van der Waals surface area (Å²) in [6.45, 7) is 4.24. The second kappa shape index (κ2) is 6.95. The Morgan fingerprint density at radius 2 is 1.67 bits per heavy atom. The van der Waals surface area contributed by atoms with Gasteiger partial charge in [-0.25, -0.2) is 4.98 Å². The van der Waals surface area contributed by atoms with Gasteiger partial charge in [0.1, 0.15) is 5.01 Å². The summed E-state index contributed by atoms with van der Waals surface area (Å²) in [5.41, 5.74) is 4.75. The van der Waals surface area contributed by atoms with Crippen LogP contribution in [0.25, 0.3) is 21.0 Å². The van der Waals surface area contributed by atoms with E-state index in [-0.39, 0.29) is 0 Å².